The Hall–Kier alpha value is -2.58. The van der Waals surface area contributed by atoms with Crippen LogP contribution in [0.25, 0.3) is 0 Å². The normalized spacial score (nSPS) is 13.8. The van der Waals surface area contributed by atoms with E-state index in [9.17, 15) is 13.2 Å². The minimum Gasteiger partial charge on any atom is -0.497 e. The lowest BCUT2D eigenvalue weighted by Crippen LogP contribution is -2.29. The molecule has 7 nitrogen and oxygen atoms in total. The Balaban J connectivity index is 1.58. The van der Waals surface area contributed by atoms with Gasteiger partial charge in [0, 0.05) is 17.7 Å². The van der Waals surface area contributed by atoms with E-state index in [-0.39, 0.29) is 30.0 Å². The van der Waals surface area contributed by atoms with E-state index in [1.807, 2.05) is 12.1 Å². The van der Waals surface area contributed by atoms with Crippen molar-refractivity contribution in [1.29, 1.82) is 0 Å². The molecule has 2 aromatic rings. The maximum atomic E-state index is 12.5. The Labute approximate surface area is 165 Å². The molecule has 0 unspecified atom stereocenters. The van der Waals surface area contributed by atoms with Crippen LogP contribution in [-0.4, -0.2) is 40.6 Å². The number of hydrogen-bond donors (Lipinski definition) is 2. The Morgan fingerprint density at radius 2 is 1.89 bits per heavy atom. The van der Waals surface area contributed by atoms with Gasteiger partial charge in [-0.25, -0.2) is 13.1 Å². The van der Waals surface area contributed by atoms with E-state index in [1.54, 1.807) is 32.2 Å². The van der Waals surface area contributed by atoms with Gasteiger partial charge in [0.25, 0.3) is 5.91 Å². The number of carbonyl (C=O) groups is 1. The summed E-state index contributed by atoms with van der Waals surface area (Å²) < 4.78 is 38.1. The maximum absolute atomic E-state index is 12.5. The summed E-state index contributed by atoms with van der Waals surface area (Å²) in [7, 11) is -2.02. The quantitative estimate of drug-likeness (QED) is 0.625. The van der Waals surface area contributed by atoms with Crippen LogP contribution in [0.4, 0.5) is 0 Å². The second-order valence-electron chi connectivity index (χ2n) is 6.66. The van der Waals surface area contributed by atoms with Gasteiger partial charge in [-0.05, 0) is 49.6 Å². The molecule has 0 aliphatic heterocycles. The molecule has 3 rings (SSSR count). The Kier molecular flexibility index (Phi) is 6.21. The third-order valence-electron chi connectivity index (χ3n) is 4.36. The fourth-order valence-corrected chi connectivity index (χ4v) is 3.95. The Morgan fingerprint density at radius 1 is 1.14 bits per heavy atom. The van der Waals surface area contributed by atoms with Crippen LogP contribution >= 0.6 is 0 Å². The highest BCUT2D eigenvalue weighted by molar-refractivity contribution is 7.89. The first-order chi connectivity index (χ1) is 13.4. The van der Waals surface area contributed by atoms with Gasteiger partial charge in [-0.1, -0.05) is 12.1 Å². The number of ether oxygens (including phenoxy) is 2. The summed E-state index contributed by atoms with van der Waals surface area (Å²) >= 11 is 0. The molecule has 150 valence electrons. The zero-order chi connectivity index (χ0) is 20.1. The van der Waals surface area contributed by atoms with Crippen molar-refractivity contribution in [1.82, 2.24) is 10.0 Å². The number of aryl methyl sites for hydroxylation is 1. The summed E-state index contributed by atoms with van der Waals surface area (Å²) in [6.07, 6.45) is 1.71. The van der Waals surface area contributed by atoms with Gasteiger partial charge >= 0.3 is 0 Å². The highest BCUT2D eigenvalue weighted by Gasteiger charge is 2.28. The molecule has 0 aromatic heterocycles. The first kappa shape index (κ1) is 20.2. The smallest absolute Gasteiger partial charge is 0.251 e. The molecule has 0 bridgehead atoms. The molecule has 2 N–H and O–H groups in total. The molecule has 0 atom stereocenters. The van der Waals surface area contributed by atoms with Gasteiger partial charge in [0.15, 0.2) is 0 Å². The minimum atomic E-state index is -3.60. The van der Waals surface area contributed by atoms with Crippen molar-refractivity contribution >= 4 is 15.9 Å². The SMILES string of the molecule is COc1cccc(OCCNC(=O)c2cc(S(=O)(=O)NC3CC3)ccc2C)c1. The molecular weight excluding hydrogens is 380 g/mol. The van der Waals surface area contributed by atoms with Crippen molar-refractivity contribution in [3.8, 4) is 11.5 Å². The lowest BCUT2D eigenvalue weighted by molar-refractivity contribution is 0.0946. The summed E-state index contributed by atoms with van der Waals surface area (Å²) in [5, 5.41) is 2.76. The summed E-state index contributed by atoms with van der Waals surface area (Å²) in [5.41, 5.74) is 1.04. The molecule has 0 saturated heterocycles. The van der Waals surface area contributed by atoms with Crippen molar-refractivity contribution in [3.63, 3.8) is 0 Å². The minimum absolute atomic E-state index is 0.0114. The van der Waals surface area contributed by atoms with Crippen molar-refractivity contribution in [2.24, 2.45) is 0 Å². The number of nitrogens with one attached hydrogen (secondary N) is 2. The molecular formula is C20H24N2O5S. The van der Waals surface area contributed by atoms with E-state index < -0.39 is 10.0 Å². The van der Waals surface area contributed by atoms with E-state index in [1.165, 1.54) is 12.1 Å². The van der Waals surface area contributed by atoms with E-state index in [0.717, 1.165) is 12.8 Å². The van der Waals surface area contributed by atoms with E-state index in [2.05, 4.69) is 10.0 Å². The topological polar surface area (TPSA) is 93.7 Å². The molecule has 1 aliphatic carbocycles. The number of methoxy groups -OCH3 is 1. The van der Waals surface area contributed by atoms with Crippen LogP contribution in [0.15, 0.2) is 47.4 Å². The fraction of sp³-hybridized carbons (Fsp3) is 0.350. The van der Waals surface area contributed by atoms with E-state index in [0.29, 0.717) is 22.6 Å². The lowest BCUT2D eigenvalue weighted by Gasteiger charge is -2.12. The largest absolute Gasteiger partial charge is 0.497 e. The number of hydrogen-bond acceptors (Lipinski definition) is 5. The summed E-state index contributed by atoms with van der Waals surface area (Å²) in [5.74, 6) is 0.995. The Morgan fingerprint density at radius 3 is 2.61 bits per heavy atom. The predicted octanol–water partition coefficient (Wildman–Crippen LogP) is 2.25. The number of benzene rings is 2. The summed E-state index contributed by atoms with van der Waals surface area (Å²) in [6, 6.07) is 11.8. The number of amides is 1. The zero-order valence-corrected chi connectivity index (χ0v) is 16.7. The van der Waals surface area contributed by atoms with Crippen molar-refractivity contribution in [2.45, 2.75) is 30.7 Å². The van der Waals surface area contributed by atoms with Crippen molar-refractivity contribution < 1.29 is 22.7 Å². The highest BCUT2D eigenvalue weighted by Crippen LogP contribution is 2.23. The molecule has 28 heavy (non-hydrogen) atoms. The van der Waals surface area contributed by atoms with Gasteiger partial charge in [-0.2, -0.15) is 0 Å². The van der Waals surface area contributed by atoms with Gasteiger partial charge in [-0.3, -0.25) is 4.79 Å². The van der Waals surface area contributed by atoms with Crippen LogP contribution in [0.1, 0.15) is 28.8 Å². The Bertz CT molecular complexity index is 955. The zero-order valence-electron chi connectivity index (χ0n) is 15.9. The maximum Gasteiger partial charge on any atom is 0.251 e. The summed E-state index contributed by atoms with van der Waals surface area (Å²) in [4.78, 5) is 12.6. The van der Waals surface area contributed by atoms with Gasteiger partial charge < -0.3 is 14.8 Å². The second kappa shape index (κ2) is 8.62. The average molecular weight is 404 g/mol. The monoisotopic (exact) mass is 404 g/mol. The van der Waals surface area contributed by atoms with Crippen LogP contribution in [-0.2, 0) is 10.0 Å². The van der Waals surface area contributed by atoms with E-state index in [4.69, 9.17) is 9.47 Å². The fourth-order valence-electron chi connectivity index (χ4n) is 2.62. The summed E-state index contributed by atoms with van der Waals surface area (Å²) in [6.45, 7) is 2.33. The first-order valence-corrected chi connectivity index (χ1v) is 10.6. The number of rotatable bonds is 9. The van der Waals surface area contributed by atoms with Gasteiger partial charge in [0.2, 0.25) is 10.0 Å². The molecule has 1 amide bonds. The number of sulfonamides is 1. The molecule has 1 saturated carbocycles. The molecule has 8 heteroatoms. The van der Waals surface area contributed by atoms with Crippen LogP contribution in [0.3, 0.4) is 0 Å². The van der Waals surface area contributed by atoms with Gasteiger partial charge in [0.1, 0.15) is 18.1 Å². The second-order valence-corrected chi connectivity index (χ2v) is 8.37. The van der Waals surface area contributed by atoms with E-state index >= 15 is 0 Å². The first-order valence-electron chi connectivity index (χ1n) is 9.07. The highest BCUT2D eigenvalue weighted by atomic mass is 32.2. The molecule has 1 fully saturated rings. The average Bonchev–Trinajstić information content (AvgIpc) is 3.48. The molecule has 1 aliphatic rings. The predicted molar refractivity (Wildman–Crippen MR) is 105 cm³/mol. The van der Waals surface area contributed by atoms with Gasteiger partial charge in [0.05, 0.1) is 18.6 Å². The molecule has 0 heterocycles. The molecule has 0 spiro atoms. The third kappa shape index (κ3) is 5.24. The van der Waals surface area contributed by atoms with Gasteiger partial charge in [-0.15, -0.1) is 0 Å². The third-order valence-corrected chi connectivity index (χ3v) is 5.88. The van der Waals surface area contributed by atoms with Crippen LogP contribution in [0.2, 0.25) is 0 Å². The number of carbonyl (C=O) groups excluding carboxylic acids is 1. The van der Waals surface area contributed by atoms with Crippen molar-refractivity contribution in [3.05, 3.63) is 53.6 Å². The molecule has 2 aromatic carbocycles. The van der Waals surface area contributed by atoms with Crippen molar-refractivity contribution in [2.75, 3.05) is 20.3 Å². The standard InChI is InChI=1S/C20H24N2O5S/c1-14-6-9-18(28(24,25)22-15-7-8-15)13-19(14)20(23)21-10-11-27-17-5-3-4-16(12-17)26-2/h3-6,9,12-13,15,22H,7-8,10-11H2,1-2H3,(H,21,23). The van der Waals surface area contributed by atoms with Crippen LogP contribution < -0.4 is 19.5 Å². The van der Waals surface area contributed by atoms with Crippen LogP contribution in [0, 0.1) is 6.92 Å². The lowest BCUT2D eigenvalue weighted by atomic mass is 10.1. The van der Waals surface area contributed by atoms with Crippen LogP contribution in [0.5, 0.6) is 11.5 Å². The molecule has 0 radical (unpaired) electrons.